The van der Waals surface area contributed by atoms with E-state index in [0.29, 0.717) is 0 Å². The molecular weight excluding hydrogens is 191 g/mol. The molecule has 0 fully saturated rings. The van der Waals surface area contributed by atoms with Crippen LogP contribution in [0.3, 0.4) is 0 Å². The minimum atomic E-state index is -0.136. The summed E-state index contributed by atoms with van der Waals surface area (Å²) in [6.07, 6.45) is 0. The Labute approximate surface area is 123 Å². The Hall–Kier alpha value is 0.456. The third-order valence-electron chi connectivity index (χ3n) is 1.79. The van der Waals surface area contributed by atoms with E-state index in [9.17, 15) is 10.2 Å². The maximum Gasteiger partial charge on any atom is 1.00 e. The molecule has 2 nitrogen and oxygen atoms in total. The Kier molecular flexibility index (Phi) is 4.97. The van der Waals surface area contributed by atoms with Crippen LogP contribution < -0.4 is 51.4 Å². The van der Waals surface area contributed by atoms with Gasteiger partial charge in [-0.25, -0.2) is 0 Å². The molecule has 2 N–H and O–H groups in total. The molecule has 1 aromatic carbocycles. The quantitative estimate of drug-likeness (QED) is 0.444. The van der Waals surface area contributed by atoms with Crippen molar-refractivity contribution in [3.8, 4) is 11.5 Å². The molecule has 0 aromatic heterocycles. The van der Waals surface area contributed by atoms with Gasteiger partial charge in [0, 0.05) is 5.56 Å². The van der Waals surface area contributed by atoms with E-state index in [2.05, 4.69) is 0 Å². The van der Waals surface area contributed by atoms with Crippen LogP contribution in [-0.2, 0) is 5.41 Å². The monoisotopic (exact) mass is 206 g/mol. The van der Waals surface area contributed by atoms with E-state index in [-0.39, 0.29) is 69.7 Å². The van der Waals surface area contributed by atoms with Gasteiger partial charge in [-0.05, 0) is 23.6 Å². The molecule has 0 bridgehead atoms. The first-order valence-electron chi connectivity index (χ1n) is 3.94. The van der Waals surface area contributed by atoms with Crippen LogP contribution in [0.1, 0.15) is 27.8 Å². The minimum Gasteiger partial charge on any atom is -1.00 e. The Morgan fingerprint density at radius 1 is 1.15 bits per heavy atom. The van der Waals surface area contributed by atoms with Gasteiger partial charge in [-0.2, -0.15) is 0 Å². The van der Waals surface area contributed by atoms with Gasteiger partial charge in [0.25, 0.3) is 0 Å². The van der Waals surface area contributed by atoms with E-state index >= 15 is 0 Å². The maximum atomic E-state index is 9.46. The zero-order valence-corrected chi connectivity index (χ0v) is 11.7. The van der Waals surface area contributed by atoms with Crippen LogP contribution in [0.4, 0.5) is 0 Å². The van der Waals surface area contributed by atoms with Crippen LogP contribution in [0.5, 0.6) is 11.5 Å². The van der Waals surface area contributed by atoms with E-state index in [0.717, 1.165) is 5.56 Å². The molecule has 1 aromatic rings. The van der Waals surface area contributed by atoms with Crippen LogP contribution in [-0.4, -0.2) is 10.2 Å². The van der Waals surface area contributed by atoms with E-state index < -0.39 is 0 Å². The SMILES string of the molecule is CC(C)(C)c1cc(O)ccc1O.[H-].[K+]. The molecule has 0 aliphatic carbocycles. The minimum absolute atomic E-state index is 0. The third-order valence-corrected chi connectivity index (χ3v) is 1.79. The van der Waals surface area contributed by atoms with Gasteiger partial charge in [0.15, 0.2) is 0 Å². The van der Waals surface area contributed by atoms with E-state index in [1.54, 1.807) is 6.07 Å². The van der Waals surface area contributed by atoms with Gasteiger partial charge in [-0.1, -0.05) is 20.8 Å². The van der Waals surface area contributed by atoms with Gasteiger partial charge in [-0.15, -0.1) is 0 Å². The molecular formula is C10H15KO2. The molecule has 1 rings (SSSR count). The standard InChI is InChI=1S/C10H14O2.K.H/c1-10(2,3)8-6-7(11)4-5-9(8)12;;/h4-6,11-12H,1-3H3;;/q;+1;-1. The molecule has 0 amide bonds. The normalized spacial score (nSPS) is 10.7. The van der Waals surface area contributed by atoms with Crippen LogP contribution in [0, 0.1) is 0 Å². The van der Waals surface area contributed by atoms with E-state index in [4.69, 9.17) is 0 Å². The largest absolute Gasteiger partial charge is 1.00 e. The summed E-state index contributed by atoms with van der Waals surface area (Å²) in [5.74, 6) is 0.429. The van der Waals surface area contributed by atoms with Crippen LogP contribution in [0.2, 0.25) is 0 Å². The molecule has 0 atom stereocenters. The Bertz CT molecular complexity index is 295. The first-order chi connectivity index (χ1) is 5.41. The van der Waals surface area contributed by atoms with Crippen LogP contribution in [0.15, 0.2) is 18.2 Å². The molecule has 13 heavy (non-hydrogen) atoms. The fourth-order valence-corrected chi connectivity index (χ4v) is 1.12. The van der Waals surface area contributed by atoms with E-state index in [1.165, 1.54) is 12.1 Å². The van der Waals surface area contributed by atoms with Gasteiger partial charge in [-0.3, -0.25) is 0 Å². The molecule has 0 spiro atoms. The average molecular weight is 206 g/mol. The summed E-state index contributed by atoms with van der Waals surface area (Å²) >= 11 is 0. The van der Waals surface area contributed by atoms with Crippen molar-refractivity contribution in [1.29, 1.82) is 0 Å². The van der Waals surface area contributed by atoms with Gasteiger partial charge in [0.05, 0.1) is 0 Å². The predicted molar refractivity (Wildman–Crippen MR) is 49.6 cm³/mol. The molecule has 0 radical (unpaired) electrons. The fourth-order valence-electron chi connectivity index (χ4n) is 1.12. The van der Waals surface area contributed by atoms with Crippen LogP contribution in [0.25, 0.3) is 0 Å². The molecule has 0 saturated carbocycles. The van der Waals surface area contributed by atoms with Crippen molar-refractivity contribution in [2.24, 2.45) is 0 Å². The summed E-state index contributed by atoms with van der Waals surface area (Å²) in [5, 5.41) is 18.6. The number of phenolic OH excluding ortho intramolecular Hbond substituents is 2. The van der Waals surface area contributed by atoms with Crippen molar-refractivity contribution in [1.82, 2.24) is 0 Å². The summed E-state index contributed by atoms with van der Waals surface area (Å²) < 4.78 is 0. The van der Waals surface area contributed by atoms with Crippen molar-refractivity contribution in [3.05, 3.63) is 23.8 Å². The summed E-state index contributed by atoms with van der Waals surface area (Å²) in [6.45, 7) is 5.96. The molecule has 0 aliphatic rings. The summed E-state index contributed by atoms with van der Waals surface area (Å²) in [6, 6.07) is 4.58. The third kappa shape index (κ3) is 3.60. The topological polar surface area (TPSA) is 40.5 Å². The first-order valence-corrected chi connectivity index (χ1v) is 3.94. The van der Waals surface area contributed by atoms with Crippen LogP contribution >= 0.6 is 0 Å². The number of aromatic hydroxyl groups is 2. The van der Waals surface area contributed by atoms with Crippen molar-refractivity contribution in [2.45, 2.75) is 26.2 Å². The Morgan fingerprint density at radius 2 is 1.69 bits per heavy atom. The van der Waals surface area contributed by atoms with Gasteiger partial charge >= 0.3 is 51.4 Å². The smallest absolute Gasteiger partial charge is 1.00 e. The zero-order valence-electron chi connectivity index (χ0n) is 9.63. The number of hydrogen-bond donors (Lipinski definition) is 2. The predicted octanol–water partition coefficient (Wildman–Crippen LogP) is -0.488. The zero-order chi connectivity index (χ0) is 9.35. The van der Waals surface area contributed by atoms with Gasteiger partial charge < -0.3 is 11.6 Å². The fraction of sp³-hybridized carbons (Fsp3) is 0.400. The Morgan fingerprint density at radius 3 is 2.08 bits per heavy atom. The number of hydrogen-bond acceptors (Lipinski definition) is 2. The summed E-state index contributed by atoms with van der Waals surface area (Å²) in [5.41, 5.74) is 0.630. The molecule has 0 aliphatic heterocycles. The van der Waals surface area contributed by atoms with Gasteiger partial charge in [0.2, 0.25) is 0 Å². The van der Waals surface area contributed by atoms with E-state index in [1.807, 2.05) is 20.8 Å². The molecule has 0 heterocycles. The number of rotatable bonds is 0. The number of phenols is 2. The second-order valence-corrected chi connectivity index (χ2v) is 3.95. The van der Waals surface area contributed by atoms with Crippen molar-refractivity contribution >= 4 is 0 Å². The van der Waals surface area contributed by atoms with Crippen molar-refractivity contribution < 1.29 is 63.0 Å². The average Bonchev–Trinajstić information content (AvgIpc) is 1.92. The molecule has 0 unspecified atom stereocenters. The Balaban J connectivity index is 0. The summed E-state index contributed by atoms with van der Waals surface area (Å²) in [4.78, 5) is 0. The number of benzene rings is 1. The van der Waals surface area contributed by atoms with Crippen molar-refractivity contribution in [2.75, 3.05) is 0 Å². The molecule has 68 valence electrons. The first kappa shape index (κ1) is 13.5. The molecule has 0 saturated heterocycles. The maximum absolute atomic E-state index is 9.46. The summed E-state index contributed by atoms with van der Waals surface area (Å²) in [7, 11) is 0. The van der Waals surface area contributed by atoms with Crippen molar-refractivity contribution in [3.63, 3.8) is 0 Å². The molecule has 3 heteroatoms. The second kappa shape index (κ2) is 4.80. The second-order valence-electron chi connectivity index (χ2n) is 3.95. The van der Waals surface area contributed by atoms with Gasteiger partial charge in [0.1, 0.15) is 11.5 Å².